The van der Waals surface area contributed by atoms with Crippen molar-refractivity contribution in [2.75, 3.05) is 32.7 Å². The van der Waals surface area contributed by atoms with E-state index in [0.717, 1.165) is 71.1 Å². The van der Waals surface area contributed by atoms with Crippen molar-refractivity contribution in [3.63, 3.8) is 0 Å². The number of hydrogen-bond donors (Lipinski definition) is 1. The summed E-state index contributed by atoms with van der Waals surface area (Å²) >= 11 is 0. The number of hydrogen-bond acceptors (Lipinski definition) is 3. The van der Waals surface area contributed by atoms with E-state index >= 15 is 0 Å². The second-order valence-corrected chi connectivity index (χ2v) is 9.76. The first-order valence-corrected chi connectivity index (χ1v) is 10.9. The summed E-state index contributed by atoms with van der Waals surface area (Å²) in [4.78, 5) is 30.3. The zero-order valence-electron chi connectivity index (χ0n) is 16.9. The highest BCUT2D eigenvalue weighted by atomic mass is 16.4. The van der Waals surface area contributed by atoms with Crippen LogP contribution in [0.2, 0.25) is 0 Å². The van der Waals surface area contributed by atoms with E-state index in [2.05, 4.69) is 23.6 Å². The van der Waals surface area contributed by atoms with E-state index in [1.165, 1.54) is 0 Å². The fourth-order valence-electron chi connectivity index (χ4n) is 6.19. The molecule has 0 aromatic carbocycles. The molecule has 1 unspecified atom stereocenters. The maximum absolute atomic E-state index is 12.9. The Labute approximate surface area is 162 Å². The first-order chi connectivity index (χ1) is 12.9. The van der Waals surface area contributed by atoms with Crippen LogP contribution in [0.5, 0.6) is 0 Å². The van der Waals surface area contributed by atoms with Gasteiger partial charge in [0, 0.05) is 37.6 Å². The fourth-order valence-corrected chi connectivity index (χ4v) is 6.19. The van der Waals surface area contributed by atoms with Gasteiger partial charge in [0.05, 0.1) is 0 Å². The number of carbonyl (C=O) groups is 2. The van der Waals surface area contributed by atoms with Gasteiger partial charge in [0.25, 0.3) is 0 Å². The highest BCUT2D eigenvalue weighted by Crippen LogP contribution is 2.50. The minimum Gasteiger partial charge on any atom is -0.465 e. The zero-order valence-corrected chi connectivity index (χ0v) is 16.9. The van der Waals surface area contributed by atoms with Crippen LogP contribution in [0.25, 0.3) is 0 Å². The molecular formula is C21H35N3O3. The lowest BCUT2D eigenvalue weighted by Crippen LogP contribution is -2.55. The molecule has 1 aliphatic carbocycles. The molecule has 3 heterocycles. The first kappa shape index (κ1) is 19.0. The number of carboxylic acid groups (broad SMARTS) is 1. The van der Waals surface area contributed by atoms with Crippen molar-refractivity contribution >= 4 is 12.0 Å². The molecule has 3 aliphatic heterocycles. The molecule has 0 aromatic rings. The summed E-state index contributed by atoms with van der Waals surface area (Å²) in [6.07, 6.45) is 7.11. The van der Waals surface area contributed by atoms with Gasteiger partial charge in [-0.25, -0.2) is 4.79 Å². The summed E-state index contributed by atoms with van der Waals surface area (Å²) < 4.78 is 0. The second-order valence-electron chi connectivity index (χ2n) is 9.76. The topological polar surface area (TPSA) is 64.1 Å². The van der Waals surface area contributed by atoms with Gasteiger partial charge >= 0.3 is 6.09 Å². The van der Waals surface area contributed by atoms with Gasteiger partial charge in [0.15, 0.2) is 0 Å². The van der Waals surface area contributed by atoms with E-state index in [0.29, 0.717) is 30.5 Å². The molecule has 0 radical (unpaired) electrons. The third kappa shape index (κ3) is 3.57. The SMILES string of the molecule is CC(C)N1CCCC(C2CCN(C3CC4(CCN(C(=O)O)C4)C3)CC2)C1=O. The molecule has 4 fully saturated rings. The monoisotopic (exact) mass is 377 g/mol. The van der Waals surface area contributed by atoms with Crippen LogP contribution in [0.3, 0.4) is 0 Å². The van der Waals surface area contributed by atoms with Crippen LogP contribution in [0.15, 0.2) is 0 Å². The Morgan fingerprint density at radius 2 is 1.81 bits per heavy atom. The van der Waals surface area contributed by atoms with Gasteiger partial charge < -0.3 is 19.8 Å². The molecule has 3 saturated heterocycles. The van der Waals surface area contributed by atoms with Crippen LogP contribution in [-0.4, -0.2) is 76.6 Å². The van der Waals surface area contributed by atoms with Crippen LogP contribution in [0, 0.1) is 17.3 Å². The Kier molecular flexibility index (Phi) is 5.12. The molecule has 0 aromatic heterocycles. The molecule has 152 valence electrons. The minimum atomic E-state index is -0.760. The van der Waals surface area contributed by atoms with Crippen molar-refractivity contribution in [1.82, 2.24) is 14.7 Å². The van der Waals surface area contributed by atoms with Crippen molar-refractivity contribution in [2.24, 2.45) is 17.3 Å². The Balaban J connectivity index is 1.26. The summed E-state index contributed by atoms with van der Waals surface area (Å²) in [5.41, 5.74) is 0.261. The number of amides is 2. The van der Waals surface area contributed by atoms with E-state index in [1.54, 1.807) is 4.90 Å². The van der Waals surface area contributed by atoms with Crippen LogP contribution in [0.1, 0.15) is 58.8 Å². The third-order valence-corrected chi connectivity index (χ3v) is 7.84. The first-order valence-electron chi connectivity index (χ1n) is 10.9. The molecule has 1 saturated carbocycles. The lowest BCUT2D eigenvalue weighted by atomic mass is 9.64. The van der Waals surface area contributed by atoms with Gasteiger partial charge in [-0.3, -0.25) is 4.79 Å². The number of rotatable bonds is 3. The predicted octanol–water partition coefficient (Wildman–Crippen LogP) is 2.88. The summed E-state index contributed by atoms with van der Waals surface area (Å²) in [7, 11) is 0. The van der Waals surface area contributed by atoms with Gasteiger partial charge in [-0.15, -0.1) is 0 Å². The van der Waals surface area contributed by atoms with Crippen molar-refractivity contribution in [2.45, 2.75) is 70.9 Å². The number of piperidine rings is 2. The largest absolute Gasteiger partial charge is 0.465 e. The second kappa shape index (κ2) is 7.26. The summed E-state index contributed by atoms with van der Waals surface area (Å²) in [5.74, 6) is 1.20. The molecule has 0 bridgehead atoms. The Hall–Kier alpha value is -1.30. The predicted molar refractivity (Wildman–Crippen MR) is 104 cm³/mol. The van der Waals surface area contributed by atoms with Gasteiger partial charge in [-0.2, -0.15) is 0 Å². The fraction of sp³-hybridized carbons (Fsp3) is 0.905. The van der Waals surface area contributed by atoms with Crippen LogP contribution < -0.4 is 0 Å². The van der Waals surface area contributed by atoms with Crippen molar-refractivity contribution in [1.29, 1.82) is 0 Å². The average Bonchev–Trinajstić information content (AvgIpc) is 3.07. The number of carbonyl (C=O) groups excluding carboxylic acids is 1. The van der Waals surface area contributed by atoms with E-state index < -0.39 is 6.09 Å². The van der Waals surface area contributed by atoms with Gasteiger partial charge in [0.1, 0.15) is 0 Å². The normalized spacial score (nSPS) is 35.9. The lowest BCUT2D eigenvalue weighted by Gasteiger charge is -2.52. The molecule has 1 spiro atoms. The van der Waals surface area contributed by atoms with Crippen LogP contribution in [-0.2, 0) is 4.79 Å². The summed E-state index contributed by atoms with van der Waals surface area (Å²) in [6, 6.07) is 0.956. The molecule has 1 atom stereocenters. The number of likely N-dealkylation sites (tertiary alicyclic amines) is 3. The van der Waals surface area contributed by atoms with Gasteiger partial charge in [-0.1, -0.05) is 0 Å². The average molecular weight is 378 g/mol. The third-order valence-electron chi connectivity index (χ3n) is 7.84. The maximum atomic E-state index is 12.9. The van der Waals surface area contributed by atoms with E-state index in [1.807, 2.05) is 0 Å². The molecule has 4 aliphatic rings. The quantitative estimate of drug-likeness (QED) is 0.821. The summed E-state index contributed by atoms with van der Waals surface area (Å²) in [6.45, 7) is 8.85. The van der Waals surface area contributed by atoms with Crippen molar-refractivity contribution in [3.05, 3.63) is 0 Å². The molecule has 2 amide bonds. The number of nitrogens with zero attached hydrogens (tertiary/aromatic N) is 3. The maximum Gasteiger partial charge on any atom is 0.407 e. The molecule has 27 heavy (non-hydrogen) atoms. The lowest BCUT2D eigenvalue weighted by molar-refractivity contribution is -0.143. The highest BCUT2D eigenvalue weighted by molar-refractivity contribution is 5.80. The Morgan fingerprint density at radius 3 is 2.41 bits per heavy atom. The van der Waals surface area contributed by atoms with E-state index in [4.69, 9.17) is 0 Å². The van der Waals surface area contributed by atoms with E-state index in [-0.39, 0.29) is 11.3 Å². The highest BCUT2D eigenvalue weighted by Gasteiger charge is 2.51. The zero-order chi connectivity index (χ0) is 19.2. The molecule has 1 N–H and O–H groups in total. The molecule has 6 nitrogen and oxygen atoms in total. The van der Waals surface area contributed by atoms with Crippen LogP contribution in [0.4, 0.5) is 4.79 Å². The molecular weight excluding hydrogens is 342 g/mol. The van der Waals surface area contributed by atoms with E-state index in [9.17, 15) is 14.7 Å². The smallest absolute Gasteiger partial charge is 0.407 e. The Bertz CT molecular complexity index is 579. The van der Waals surface area contributed by atoms with Crippen molar-refractivity contribution in [3.8, 4) is 0 Å². The molecule has 4 rings (SSSR count). The van der Waals surface area contributed by atoms with Gasteiger partial charge in [-0.05, 0) is 83.2 Å². The molecule has 6 heteroatoms. The standard InChI is InChI=1S/C21H35N3O3/c1-15(2)24-8-3-4-18(19(24)25)16-5-9-22(10-6-16)17-12-21(13-17)7-11-23(14-21)20(26)27/h15-18H,3-14H2,1-2H3,(H,26,27). The van der Waals surface area contributed by atoms with Gasteiger partial charge in [0.2, 0.25) is 5.91 Å². The Morgan fingerprint density at radius 1 is 1.11 bits per heavy atom. The van der Waals surface area contributed by atoms with Crippen LogP contribution >= 0.6 is 0 Å². The summed E-state index contributed by atoms with van der Waals surface area (Å²) in [5, 5.41) is 9.19. The van der Waals surface area contributed by atoms with Crippen molar-refractivity contribution < 1.29 is 14.7 Å². The minimum absolute atomic E-state index is 0.245.